The Hall–Kier alpha value is -8.66. The molecule has 1 heterocycles. The number of fused-ring (bicyclic) bond motifs is 2. The van der Waals surface area contributed by atoms with Crippen LogP contribution in [-0.4, -0.2) is 6.71 Å². The lowest BCUT2D eigenvalue weighted by Gasteiger charge is -2.41. The number of benzene rings is 10. The highest BCUT2D eigenvalue weighted by atomic mass is 15.2. The van der Waals surface area contributed by atoms with Gasteiger partial charge in [-0.1, -0.05) is 345 Å². The molecule has 0 bridgehead atoms. The second kappa shape index (κ2) is 28.1. The van der Waals surface area contributed by atoms with Gasteiger partial charge in [0.2, 0.25) is 6.71 Å². The van der Waals surface area contributed by atoms with Gasteiger partial charge < -0.3 is 9.80 Å². The predicted octanol–water partition coefficient (Wildman–Crippen LogP) is 23.5. The van der Waals surface area contributed by atoms with Gasteiger partial charge in [0, 0.05) is 55.8 Å². The van der Waals surface area contributed by atoms with Gasteiger partial charge in [-0.25, -0.2) is 0 Å². The summed E-state index contributed by atoms with van der Waals surface area (Å²) >= 11 is 0. The minimum atomic E-state index is -0.261. The van der Waals surface area contributed by atoms with Crippen molar-refractivity contribution in [3.8, 4) is 0 Å². The van der Waals surface area contributed by atoms with Crippen LogP contribution in [0.25, 0.3) is 0 Å². The number of aryl methyl sites for hydroxylation is 3. The molecule has 11 rings (SSSR count). The summed E-state index contributed by atoms with van der Waals surface area (Å²) in [4.78, 5) is 5.16. The molecule has 0 aliphatic carbocycles. The smallest absolute Gasteiger partial charge is 0.247 e. The van der Waals surface area contributed by atoms with E-state index in [2.05, 4.69) is 396 Å². The Morgan fingerprint density at radius 3 is 1.24 bits per heavy atom. The van der Waals surface area contributed by atoms with E-state index in [1.807, 2.05) is 13.8 Å². The van der Waals surface area contributed by atoms with Gasteiger partial charge in [-0.05, 0) is 154 Å². The molecule has 1 aliphatic heterocycles. The van der Waals surface area contributed by atoms with Gasteiger partial charge in [0.25, 0.3) is 0 Å². The van der Waals surface area contributed by atoms with Crippen molar-refractivity contribution in [3.63, 3.8) is 0 Å². The SMILES string of the molecule is C/C=C\C(=C/C)C(C)(C)c1ccc(C)c(B2c3cc(C(C)(C)c4ccccc4)ccc3N(c3ccc(C(C)(C)c4ccccc4)cc3)c3cc(N(c4ccccc4C(C)(C)C)c4ccccc4C(C)(C)C)cc(C)c32)c1.CC.Cc1ccc(C(C)(C)c2ccccc2)cc1. The largest absolute Gasteiger partial charge is 0.311 e. The lowest BCUT2D eigenvalue weighted by atomic mass is 9.33. The molecule has 0 atom stereocenters. The van der Waals surface area contributed by atoms with E-state index in [1.54, 1.807) is 0 Å². The summed E-state index contributed by atoms with van der Waals surface area (Å²) in [7, 11) is 0. The molecular weight excluding hydrogens is 1130 g/mol. The molecule has 0 radical (unpaired) electrons. The summed E-state index contributed by atoms with van der Waals surface area (Å²) in [6.45, 7) is 47.8. The molecule has 0 saturated carbocycles. The van der Waals surface area contributed by atoms with Crippen LogP contribution in [0.1, 0.15) is 191 Å². The van der Waals surface area contributed by atoms with E-state index < -0.39 is 0 Å². The number of hydrogen-bond acceptors (Lipinski definition) is 2. The summed E-state index contributed by atoms with van der Waals surface area (Å²) in [6.07, 6.45) is 6.73. The summed E-state index contributed by atoms with van der Waals surface area (Å²) in [5.74, 6) is 0. The van der Waals surface area contributed by atoms with Crippen molar-refractivity contribution in [2.24, 2.45) is 0 Å². The Kier molecular flexibility index (Phi) is 20.8. The third-order valence-electron chi connectivity index (χ3n) is 20.1. The number of nitrogens with zero attached hydrogens (tertiary/aromatic N) is 2. The molecule has 1 aliphatic rings. The molecule has 2 nitrogen and oxygen atoms in total. The van der Waals surface area contributed by atoms with E-state index in [4.69, 9.17) is 0 Å². The van der Waals surface area contributed by atoms with Crippen molar-refractivity contribution in [2.45, 2.75) is 178 Å². The molecule has 482 valence electrons. The molecule has 0 N–H and O–H groups in total. The third-order valence-corrected chi connectivity index (χ3v) is 20.1. The van der Waals surface area contributed by atoms with Crippen molar-refractivity contribution < 1.29 is 0 Å². The molecule has 0 spiro atoms. The quantitative estimate of drug-likeness (QED) is 0.0791. The van der Waals surface area contributed by atoms with Crippen molar-refractivity contribution in [1.29, 1.82) is 0 Å². The van der Waals surface area contributed by atoms with Crippen LogP contribution in [-0.2, 0) is 32.5 Å². The number of rotatable bonds is 14. The van der Waals surface area contributed by atoms with Crippen molar-refractivity contribution >= 4 is 57.2 Å². The van der Waals surface area contributed by atoms with Gasteiger partial charge in [0.15, 0.2) is 0 Å². The maximum Gasteiger partial charge on any atom is 0.247 e. The van der Waals surface area contributed by atoms with E-state index in [1.165, 1.54) is 111 Å². The molecule has 10 aromatic carbocycles. The molecule has 0 amide bonds. The van der Waals surface area contributed by atoms with Crippen LogP contribution in [0, 0.1) is 20.8 Å². The number of anilines is 6. The monoisotopic (exact) mass is 1240 g/mol. The van der Waals surface area contributed by atoms with E-state index in [9.17, 15) is 0 Å². The summed E-state index contributed by atoms with van der Waals surface area (Å²) in [5, 5.41) is 0. The molecule has 10 aromatic rings. The maximum atomic E-state index is 2.59. The van der Waals surface area contributed by atoms with Crippen molar-refractivity contribution in [2.75, 3.05) is 9.80 Å². The first-order valence-corrected chi connectivity index (χ1v) is 34.4. The Morgan fingerprint density at radius 2 is 0.787 bits per heavy atom. The second-order valence-electron chi connectivity index (χ2n) is 29.9. The zero-order valence-corrected chi connectivity index (χ0v) is 60.7. The minimum Gasteiger partial charge on any atom is -0.311 e. The fraction of sp³-hybridized carbons (Fsp3) is 0.297. The average molecular weight is 1240 g/mol. The van der Waals surface area contributed by atoms with Crippen LogP contribution in [0.3, 0.4) is 0 Å². The molecule has 0 fully saturated rings. The van der Waals surface area contributed by atoms with Crippen molar-refractivity contribution in [1.82, 2.24) is 0 Å². The van der Waals surface area contributed by atoms with Crippen molar-refractivity contribution in [3.05, 3.63) is 327 Å². The predicted molar refractivity (Wildman–Crippen MR) is 414 cm³/mol. The summed E-state index contributed by atoms with van der Waals surface area (Å²) in [6, 6.07) is 88.7. The zero-order valence-electron chi connectivity index (χ0n) is 60.7. The molecule has 0 unspecified atom stereocenters. The van der Waals surface area contributed by atoms with E-state index in [0.717, 1.165) is 11.4 Å². The third kappa shape index (κ3) is 14.1. The average Bonchev–Trinajstić information content (AvgIpc) is 0.713. The van der Waals surface area contributed by atoms with Gasteiger partial charge >= 0.3 is 0 Å². The Balaban J connectivity index is 0.000000499. The van der Waals surface area contributed by atoms with Crippen LogP contribution in [0.4, 0.5) is 34.1 Å². The van der Waals surface area contributed by atoms with Gasteiger partial charge in [0.1, 0.15) is 0 Å². The first-order chi connectivity index (χ1) is 44.6. The van der Waals surface area contributed by atoms with E-state index >= 15 is 0 Å². The first kappa shape index (κ1) is 69.7. The maximum absolute atomic E-state index is 2.59. The topological polar surface area (TPSA) is 6.48 Å². The van der Waals surface area contributed by atoms with Gasteiger partial charge in [-0.15, -0.1) is 0 Å². The standard InChI is InChI=1S/C73H81BN2.C16H18.C2H6/c1-17-29-52(18-2)71(11,12)56-39-38-50(3)62(47-56)74-63-48-57(73(15,16)54-32-23-20-24-33-54)42-45-66(63)75(58-43-40-55(41-44-58)72(13,14)53-30-21-19-22-31-53)67-49-59(46-51(4)68(67)74)76(64-36-27-25-34-60(64)69(5,6)7)65-37-28-26-35-61(65)70(8,9)10;1-13-9-11-15(12-10-13)16(2,3)14-7-5-4-6-8-14;1-2/h17-49H,1-16H3;4-12H,1-3H3;1-2H3/b29-17-,52-18+;;. The van der Waals surface area contributed by atoms with Crippen LogP contribution in [0.5, 0.6) is 0 Å². The number of allylic oxidation sites excluding steroid dienone is 4. The summed E-state index contributed by atoms with van der Waals surface area (Å²) in [5.41, 5.74) is 27.1. The number of para-hydroxylation sites is 2. The highest BCUT2D eigenvalue weighted by Gasteiger charge is 2.41. The Morgan fingerprint density at radius 1 is 0.383 bits per heavy atom. The van der Waals surface area contributed by atoms with E-state index in [0.29, 0.717) is 0 Å². The Labute approximate surface area is 568 Å². The first-order valence-electron chi connectivity index (χ1n) is 34.4. The fourth-order valence-electron chi connectivity index (χ4n) is 14.1. The second-order valence-corrected chi connectivity index (χ2v) is 29.9. The molecular formula is C91H105BN2. The molecule has 3 heteroatoms. The van der Waals surface area contributed by atoms with Crippen LogP contribution in [0.15, 0.2) is 260 Å². The number of hydrogen-bond donors (Lipinski definition) is 0. The van der Waals surface area contributed by atoms with Gasteiger partial charge in [-0.2, -0.15) is 0 Å². The lowest BCUT2D eigenvalue weighted by molar-refractivity contribution is 0.587. The lowest BCUT2D eigenvalue weighted by Crippen LogP contribution is -2.59. The molecule has 94 heavy (non-hydrogen) atoms. The summed E-state index contributed by atoms with van der Waals surface area (Å²) < 4.78 is 0. The van der Waals surface area contributed by atoms with E-state index in [-0.39, 0.29) is 39.2 Å². The zero-order chi connectivity index (χ0) is 68.1. The Bertz CT molecular complexity index is 4200. The highest BCUT2D eigenvalue weighted by Crippen LogP contribution is 2.48. The molecule has 0 aromatic heterocycles. The normalized spacial score (nSPS) is 12.9. The minimum absolute atomic E-state index is 0.0783. The van der Waals surface area contributed by atoms with Crippen LogP contribution in [0.2, 0.25) is 0 Å². The van der Waals surface area contributed by atoms with Crippen LogP contribution >= 0.6 is 0 Å². The van der Waals surface area contributed by atoms with Gasteiger partial charge in [0.05, 0.1) is 0 Å². The fourth-order valence-corrected chi connectivity index (χ4v) is 14.1. The van der Waals surface area contributed by atoms with Crippen LogP contribution < -0.4 is 26.2 Å². The van der Waals surface area contributed by atoms with Gasteiger partial charge in [-0.3, -0.25) is 0 Å². The highest BCUT2D eigenvalue weighted by molar-refractivity contribution is 6.98. The molecule has 0 saturated heterocycles.